The highest BCUT2D eigenvalue weighted by atomic mass is 16.6. The van der Waals surface area contributed by atoms with E-state index in [0.29, 0.717) is 17.2 Å². The Kier molecular flexibility index (Phi) is 4.70. The van der Waals surface area contributed by atoms with Crippen molar-refractivity contribution in [3.63, 3.8) is 0 Å². The molecule has 8 nitrogen and oxygen atoms in total. The van der Waals surface area contributed by atoms with Crippen LogP contribution in [0.2, 0.25) is 0 Å². The zero-order chi connectivity index (χ0) is 17.6. The summed E-state index contributed by atoms with van der Waals surface area (Å²) in [4.78, 5) is 18.8. The molecule has 0 spiro atoms. The van der Waals surface area contributed by atoms with Gasteiger partial charge in [0, 0.05) is 5.69 Å². The maximum Gasteiger partial charge on any atom is 0.373 e. The molecular formula is C17H14N4O4. The third kappa shape index (κ3) is 3.63. The zero-order valence-electron chi connectivity index (χ0n) is 13.2. The number of benzene rings is 2. The zero-order valence-corrected chi connectivity index (χ0v) is 13.2. The molecule has 0 fully saturated rings. The van der Waals surface area contributed by atoms with Crippen LogP contribution in [0.4, 0.5) is 17.2 Å². The second-order valence-electron chi connectivity index (χ2n) is 4.88. The second kappa shape index (κ2) is 7.26. The first-order chi connectivity index (χ1) is 12.2. The maximum atomic E-state index is 11.6. The summed E-state index contributed by atoms with van der Waals surface area (Å²) < 4.78 is 10.8. The van der Waals surface area contributed by atoms with Crippen LogP contribution in [0.3, 0.4) is 0 Å². The highest BCUT2D eigenvalue weighted by Crippen LogP contribution is 2.38. The van der Waals surface area contributed by atoms with Gasteiger partial charge in [0.2, 0.25) is 5.82 Å². The van der Waals surface area contributed by atoms with Crippen LogP contribution in [-0.2, 0) is 0 Å². The molecule has 8 heteroatoms. The fraction of sp³-hybridized carbons (Fsp3) is 0.0588. The molecule has 0 saturated carbocycles. The summed E-state index contributed by atoms with van der Waals surface area (Å²) in [6, 6.07) is 15.8. The highest BCUT2D eigenvalue weighted by molar-refractivity contribution is 5.68. The van der Waals surface area contributed by atoms with Gasteiger partial charge >= 0.3 is 11.6 Å². The van der Waals surface area contributed by atoms with Crippen LogP contribution >= 0.6 is 0 Å². The normalized spacial score (nSPS) is 10.1. The number of hydrogen-bond donors (Lipinski definition) is 1. The minimum atomic E-state index is -0.587. The van der Waals surface area contributed by atoms with Gasteiger partial charge in [-0.25, -0.2) is 4.98 Å². The van der Waals surface area contributed by atoms with E-state index in [1.165, 1.54) is 13.4 Å². The molecule has 3 aromatic rings. The Bertz CT molecular complexity index is 887. The Balaban J connectivity index is 1.99. The molecule has 25 heavy (non-hydrogen) atoms. The third-order valence-electron chi connectivity index (χ3n) is 3.28. The molecule has 126 valence electrons. The molecular weight excluding hydrogens is 324 g/mol. The second-order valence-corrected chi connectivity index (χ2v) is 4.88. The number of anilines is 2. The van der Waals surface area contributed by atoms with Gasteiger partial charge in [0.1, 0.15) is 6.33 Å². The number of nitro groups is 1. The molecule has 0 radical (unpaired) electrons. The Labute approximate surface area is 143 Å². The van der Waals surface area contributed by atoms with Gasteiger partial charge in [-0.3, -0.25) is 10.1 Å². The predicted octanol–water partition coefficient (Wildman–Crippen LogP) is 3.93. The van der Waals surface area contributed by atoms with Crippen molar-refractivity contribution >= 4 is 17.2 Å². The quantitative estimate of drug-likeness (QED) is 0.537. The van der Waals surface area contributed by atoms with Crippen LogP contribution in [-0.4, -0.2) is 22.0 Å². The molecule has 0 aliphatic carbocycles. The maximum absolute atomic E-state index is 11.6. The van der Waals surface area contributed by atoms with Crippen LogP contribution in [0.15, 0.2) is 60.9 Å². The molecule has 0 atom stereocenters. The largest absolute Gasteiger partial charge is 0.493 e. The number of aromatic nitrogens is 2. The van der Waals surface area contributed by atoms with Crippen LogP contribution in [0, 0.1) is 10.1 Å². The van der Waals surface area contributed by atoms with Gasteiger partial charge in [-0.2, -0.15) is 4.98 Å². The lowest BCUT2D eigenvalue weighted by Crippen LogP contribution is -2.03. The van der Waals surface area contributed by atoms with Gasteiger partial charge < -0.3 is 14.8 Å². The van der Waals surface area contributed by atoms with E-state index in [1.807, 2.05) is 18.2 Å². The molecule has 1 aromatic heterocycles. The van der Waals surface area contributed by atoms with Crippen molar-refractivity contribution in [1.82, 2.24) is 9.97 Å². The van der Waals surface area contributed by atoms with E-state index in [-0.39, 0.29) is 17.4 Å². The Hall–Kier alpha value is -3.68. The number of methoxy groups -OCH3 is 1. The molecule has 0 aliphatic rings. The van der Waals surface area contributed by atoms with Crippen molar-refractivity contribution < 1.29 is 14.4 Å². The van der Waals surface area contributed by atoms with Gasteiger partial charge in [-0.05, 0) is 24.3 Å². The van der Waals surface area contributed by atoms with Gasteiger partial charge in [0.25, 0.3) is 0 Å². The van der Waals surface area contributed by atoms with Crippen LogP contribution in [0.25, 0.3) is 0 Å². The first-order valence-electron chi connectivity index (χ1n) is 7.31. The van der Waals surface area contributed by atoms with Gasteiger partial charge in [-0.1, -0.05) is 30.3 Å². The topological polar surface area (TPSA) is 99.4 Å². The number of hydrogen-bond acceptors (Lipinski definition) is 7. The van der Waals surface area contributed by atoms with Crippen molar-refractivity contribution in [2.24, 2.45) is 0 Å². The molecule has 2 aromatic carbocycles. The summed E-state index contributed by atoms with van der Waals surface area (Å²) in [5.41, 5.74) is 0.296. The van der Waals surface area contributed by atoms with E-state index in [4.69, 9.17) is 9.47 Å². The van der Waals surface area contributed by atoms with Gasteiger partial charge in [-0.15, -0.1) is 0 Å². The lowest BCUT2D eigenvalue weighted by atomic mass is 10.3. The lowest BCUT2D eigenvalue weighted by Gasteiger charge is -2.11. The van der Waals surface area contributed by atoms with Crippen LogP contribution in [0.1, 0.15) is 0 Å². The van der Waals surface area contributed by atoms with E-state index in [9.17, 15) is 10.1 Å². The highest BCUT2D eigenvalue weighted by Gasteiger charge is 2.26. The summed E-state index contributed by atoms with van der Waals surface area (Å²) in [5, 5.41) is 14.5. The van der Waals surface area contributed by atoms with E-state index in [1.54, 1.807) is 36.4 Å². The van der Waals surface area contributed by atoms with E-state index >= 15 is 0 Å². The Morgan fingerprint density at radius 3 is 2.36 bits per heavy atom. The van der Waals surface area contributed by atoms with Gasteiger partial charge in [0.05, 0.1) is 12.0 Å². The minimum absolute atomic E-state index is 0.0381. The smallest absolute Gasteiger partial charge is 0.373 e. The van der Waals surface area contributed by atoms with E-state index in [2.05, 4.69) is 15.3 Å². The standard InChI is InChI=1S/C17H14N4O4/c1-24-13-9-5-6-10-14(13)25-17-15(21(22)23)16(18-11-19-17)20-12-7-3-2-4-8-12/h2-11H,1H3,(H,18,19,20). The first-order valence-corrected chi connectivity index (χ1v) is 7.31. The average Bonchev–Trinajstić information content (AvgIpc) is 2.63. The fourth-order valence-corrected chi connectivity index (χ4v) is 2.16. The molecule has 0 aliphatic heterocycles. The van der Waals surface area contributed by atoms with E-state index in [0.717, 1.165) is 0 Å². The summed E-state index contributed by atoms with van der Waals surface area (Å²) in [5.74, 6) is 0.615. The lowest BCUT2D eigenvalue weighted by molar-refractivity contribution is -0.385. The molecule has 0 amide bonds. The summed E-state index contributed by atoms with van der Waals surface area (Å²) in [6.07, 6.45) is 1.20. The van der Waals surface area contributed by atoms with Crippen molar-refractivity contribution in [3.8, 4) is 17.4 Å². The summed E-state index contributed by atoms with van der Waals surface area (Å²) in [7, 11) is 1.49. The third-order valence-corrected chi connectivity index (χ3v) is 3.28. The average molecular weight is 338 g/mol. The van der Waals surface area contributed by atoms with Crippen molar-refractivity contribution in [1.29, 1.82) is 0 Å². The predicted molar refractivity (Wildman–Crippen MR) is 91.5 cm³/mol. The number of nitrogens with zero attached hydrogens (tertiary/aromatic N) is 3. The summed E-state index contributed by atoms with van der Waals surface area (Å²) in [6.45, 7) is 0. The Morgan fingerprint density at radius 1 is 1.00 bits per heavy atom. The van der Waals surface area contributed by atoms with Crippen molar-refractivity contribution in [2.75, 3.05) is 12.4 Å². The monoisotopic (exact) mass is 338 g/mol. The number of ether oxygens (including phenoxy) is 2. The number of para-hydroxylation sites is 3. The molecule has 1 heterocycles. The minimum Gasteiger partial charge on any atom is -0.493 e. The van der Waals surface area contributed by atoms with Crippen LogP contribution in [0.5, 0.6) is 17.4 Å². The molecule has 0 saturated heterocycles. The Morgan fingerprint density at radius 2 is 1.68 bits per heavy atom. The van der Waals surface area contributed by atoms with Crippen LogP contribution < -0.4 is 14.8 Å². The molecule has 3 rings (SSSR count). The molecule has 0 unspecified atom stereocenters. The van der Waals surface area contributed by atoms with Crippen molar-refractivity contribution in [2.45, 2.75) is 0 Å². The SMILES string of the molecule is COc1ccccc1Oc1ncnc(Nc2ccccc2)c1[N+](=O)[O-]. The van der Waals surface area contributed by atoms with Gasteiger partial charge in [0.15, 0.2) is 11.5 Å². The van der Waals surface area contributed by atoms with Crippen molar-refractivity contribution in [3.05, 3.63) is 71.0 Å². The number of rotatable bonds is 6. The van der Waals surface area contributed by atoms with E-state index < -0.39 is 4.92 Å². The summed E-state index contributed by atoms with van der Waals surface area (Å²) >= 11 is 0. The first kappa shape index (κ1) is 16.2. The molecule has 1 N–H and O–H groups in total. The number of nitrogens with one attached hydrogen (secondary N) is 1. The molecule has 0 bridgehead atoms. The fourth-order valence-electron chi connectivity index (χ4n) is 2.16.